The predicted molar refractivity (Wildman–Crippen MR) is 52.7 cm³/mol. The normalized spacial score (nSPS) is 14.1. The van der Waals surface area contributed by atoms with E-state index in [1.165, 1.54) is 5.56 Å². The Morgan fingerprint density at radius 3 is 2.62 bits per heavy atom. The molecule has 13 heavy (non-hydrogen) atoms. The highest BCUT2D eigenvalue weighted by molar-refractivity contribution is 5.82. The zero-order valence-electron chi connectivity index (χ0n) is 7.64. The standard InChI is InChI=1S/C10H14N2O/c1-8(10(11)12-13)7-9-5-3-2-4-6-9/h2-6,8,13H,7H2,1H3,(H2,11,12). The van der Waals surface area contributed by atoms with Crippen molar-refractivity contribution in [2.75, 3.05) is 0 Å². The van der Waals surface area contributed by atoms with Gasteiger partial charge in [-0.25, -0.2) is 0 Å². The number of nitrogens with two attached hydrogens (primary N) is 1. The summed E-state index contributed by atoms with van der Waals surface area (Å²) in [6.45, 7) is 1.93. The average Bonchev–Trinajstić information content (AvgIpc) is 2.18. The number of benzene rings is 1. The molecule has 0 fully saturated rings. The summed E-state index contributed by atoms with van der Waals surface area (Å²) in [4.78, 5) is 0. The highest BCUT2D eigenvalue weighted by Crippen LogP contribution is 2.07. The molecule has 0 saturated heterocycles. The molecule has 0 aromatic heterocycles. The third-order valence-corrected chi connectivity index (χ3v) is 2.01. The fourth-order valence-electron chi connectivity index (χ4n) is 1.17. The molecular weight excluding hydrogens is 164 g/mol. The van der Waals surface area contributed by atoms with Crippen molar-refractivity contribution in [3.63, 3.8) is 0 Å². The maximum atomic E-state index is 8.45. The lowest BCUT2D eigenvalue weighted by Gasteiger charge is -2.08. The van der Waals surface area contributed by atoms with Crippen molar-refractivity contribution < 1.29 is 5.21 Å². The average molecular weight is 178 g/mol. The second-order valence-electron chi connectivity index (χ2n) is 3.12. The van der Waals surface area contributed by atoms with Gasteiger partial charge in [-0.05, 0) is 12.0 Å². The van der Waals surface area contributed by atoms with Crippen LogP contribution < -0.4 is 5.73 Å². The van der Waals surface area contributed by atoms with Crippen LogP contribution in [-0.2, 0) is 6.42 Å². The van der Waals surface area contributed by atoms with Gasteiger partial charge in [-0.2, -0.15) is 0 Å². The van der Waals surface area contributed by atoms with Crippen molar-refractivity contribution in [1.29, 1.82) is 0 Å². The van der Waals surface area contributed by atoms with E-state index >= 15 is 0 Å². The molecule has 3 N–H and O–H groups in total. The highest BCUT2D eigenvalue weighted by Gasteiger charge is 2.07. The zero-order chi connectivity index (χ0) is 9.68. The molecule has 0 saturated carbocycles. The van der Waals surface area contributed by atoms with Crippen LogP contribution >= 0.6 is 0 Å². The topological polar surface area (TPSA) is 58.6 Å². The quantitative estimate of drug-likeness (QED) is 0.320. The van der Waals surface area contributed by atoms with Gasteiger partial charge in [0.1, 0.15) is 5.84 Å². The fourth-order valence-corrected chi connectivity index (χ4v) is 1.17. The van der Waals surface area contributed by atoms with Gasteiger partial charge in [-0.15, -0.1) is 0 Å². The molecule has 0 heterocycles. The molecule has 1 aromatic carbocycles. The van der Waals surface area contributed by atoms with Gasteiger partial charge in [-0.3, -0.25) is 0 Å². The Morgan fingerprint density at radius 1 is 1.46 bits per heavy atom. The maximum Gasteiger partial charge on any atom is 0.142 e. The molecule has 0 bridgehead atoms. The minimum Gasteiger partial charge on any atom is -0.409 e. The fraction of sp³-hybridized carbons (Fsp3) is 0.300. The number of rotatable bonds is 3. The van der Waals surface area contributed by atoms with E-state index in [-0.39, 0.29) is 11.8 Å². The summed E-state index contributed by atoms with van der Waals surface area (Å²) in [5.41, 5.74) is 6.66. The summed E-state index contributed by atoms with van der Waals surface area (Å²) in [6.07, 6.45) is 0.802. The van der Waals surface area contributed by atoms with Crippen molar-refractivity contribution in [2.24, 2.45) is 16.8 Å². The molecular formula is C10H14N2O. The Balaban J connectivity index is 2.60. The predicted octanol–water partition coefficient (Wildman–Crippen LogP) is 1.61. The molecule has 1 unspecified atom stereocenters. The van der Waals surface area contributed by atoms with Gasteiger partial charge in [0.05, 0.1) is 0 Å². The summed E-state index contributed by atoms with van der Waals surface area (Å²) >= 11 is 0. The monoisotopic (exact) mass is 178 g/mol. The van der Waals surface area contributed by atoms with Crippen LogP contribution in [0.4, 0.5) is 0 Å². The zero-order valence-corrected chi connectivity index (χ0v) is 7.64. The van der Waals surface area contributed by atoms with Gasteiger partial charge in [0.25, 0.3) is 0 Å². The van der Waals surface area contributed by atoms with E-state index in [1.54, 1.807) is 0 Å². The van der Waals surface area contributed by atoms with Crippen LogP contribution in [-0.4, -0.2) is 11.0 Å². The second kappa shape index (κ2) is 4.50. The third kappa shape index (κ3) is 2.78. The molecule has 0 aliphatic heterocycles. The maximum absolute atomic E-state index is 8.45. The lowest BCUT2D eigenvalue weighted by molar-refractivity contribution is 0.314. The van der Waals surface area contributed by atoms with Crippen LogP contribution in [0.2, 0.25) is 0 Å². The number of hydrogen-bond donors (Lipinski definition) is 2. The summed E-state index contributed by atoms with van der Waals surface area (Å²) in [5.74, 6) is 0.358. The third-order valence-electron chi connectivity index (χ3n) is 2.01. The molecule has 1 aromatic rings. The number of nitrogens with zero attached hydrogens (tertiary/aromatic N) is 1. The minimum absolute atomic E-state index is 0.0763. The van der Waals surface area contributed by atoms with Gasteiger partial charge in [0.2, 0.25) is 0 Å². The van der Waals surface area contributed by atoms with Crippen LogP contribution in [0.5, 0.6) is 0 Å². The SMILES string of the molecule is CC(Cc1ccccc1)C(N)=NO. The van der Waals surface area contributed by atoms with E-state index < -0.39 is 0 Å². The molecule has 1 atom stereocenters. The molecule has 0 spiro atoms. The van der Waals surface area contributed by atoms with Gasteiger partial charge in [0.15, 0.2) is 0 Å². The van der Waals surface area contributed by atoms with E-state index in [0.29, 0.717) is 0 Å². The Bertz CT molecular complexity index is 282. The van der Waals surface area contributed by atoms with Gasteiger partial charge in [-0.1, -0.05) is 42.4 Å². The number of amidine groups is 1. The van der Waals surface area contributed by atoms with Crippen LogP contribution in [0.15, 0.2) is 35.5 Å². The van der Waals surface area contributed by atoms with E-state index in [4.69, 9.17) is 10.9 Å². The van der Waals surface area contributed by atoms with E-state index in [2.05, 4.69) is 5.16 Å². The summed E-state index contributed by atoms with van der Waals surface area (Å²) in [5, 5.41) is 11.4. The molecule has 3 nitrogen and oxygen atoms in total. The lowest BCUT2D eigenvalue weighted by atomic mass is 10.0. The second-order valence-corrected chi connectivity index (χ2v) is 3.12. The van der Waals surface area contributed by atoms with Crippen LogP contribution in [0, 0.1) is 5.92 Å². The van der Waals surface area contributed by atoms with Crippen molar-refractivity contribution in [3.05, 3.63) is 35.9 Å². The lowest BCUT2D eigenvalue weighted by Crippen LogP contribution is -2.22. The number of hydrogen-bond acceptors (Lipinski definition) is 2. The highest BCUT2D eigenvalue weighted by atomic mass is 16.4. The van der Waals surface area contributed by atoms with Gasteiger partial charge in [0, 0.05) is 5.92 Å². The molecule has 0 amide bonds. The first-order chi connectivity index (χ1) is 6.24. The van der Waals surface area contributed by atoms with E-state index in [1.807, 2.05) is 37.3 Å². The van der Waals surface area contributed by atoms with Crippen LogP contribution in [0.3, 0.4) is 0 Å². The van der Waals surface area contributed by atoms with Crippen molar-refractivity contribution in [2.45, 2.75) is 13.3 Å². The summed E-state index contributed by atoms with van der Waals surface area (Å²) < 4.78 is 0. The Hall–Kier alpha value is -1.51. The van der Waals surface area contributed by atoms with Crippen LogP contribution in [0.25, 0.3) is 0 Å². The van der Waals surface area contributed by atoms with Crippen molar-refractivity contribution in [1.82, 2.24) is 0 Å². The Labute approximate surface area is 77.9 Å². The van der Waals surface area contributed by atoms with E-state index in [0.717, 1.165) is 6.42 Å². The van der Waals surface area contributed by atoms with Gasteiger partial charge < -0.3 is 10.9 Å². The van der Waals surface area contributed by atoms with E-state index in [9.17, 15) is 0 Å². The van der Waals surface area contributed by atoms with Gasteiger partial charge >= 0.3 is 0 Å². The molecule has 0 radical (unpaired) electrons. The van der Waals surface area contributed by atoms with Crippen molar-refractivity contribution >= 4 is 5.84 Å². The minimum atomic E-state index is 0.0763. The molecule has 3 heteroatoms. The summed E-state index contributed by atoms with van der Waals surface area (Å²) in [7, 11) is 0. The summed E-state index contributed by atoms with van der Waals surface area (Å²) in [6, 6.07) is 9.99. The first-order valence-electron chi connectivity index (χ1n) is 4.25. The van der Waals surface area contributed by atoms with Crippen LogP contribution in [0.1, 0.15) is 12.5 Å². The Kier molecular flexibility index (Phi) is 3.31. The largest absolute Gasteiger partial charge is 0.409 e. The Morgan fingerprint density at radius 2 is 2.08 bits per heavy atom. The smallest absolute Gasteiger partial charge is 0.142 e. The molecule has 0 aliphatic rings. The van der Waals surface area contributed by atoms with Crippen molar-refractivity contribution in [3.8, 4) is 0 Å². The molecule has 70 valence electrons. The first-order valence-corrected chi connectivity index (χ1v) is 4.25. The molecule has 1 rings (SSSR count). The molecule has 0 aliphatic carbocycles. The first kappa shape index (κ1) is 9.58. The number of oxime groups is 1.